The van der Waals surface area contributed by atoms with Gasteiger partial charge in [0.05, 0.1) is 13.2 Å². The summed E-state index contributed by atoms with van der Waals surface area (Å²) in [6.45, 7) is -0.770. The highest BCUT2D eigenvalue weighted by atomic mass is 19.4. The molecule has 4 N–H and O–H groups in total. The highest BCUT2D eigenvalue weighted by Crippen LogP contribution is 2.24. The predicted octanol–water partition coefficient (Wildman–Crippen LogP) is -0.311. The zero-order valence-electron chi connectivity index (χ0n) is 12.9. The average molecular weight is 365 g/mol. The lowest BCUT2D eigenvalue weighted by molar-refractivity contribution is -0.275. The van der Waals surface area contributed by atoms with Crippen LogP contribution in [0, 0.1) is 0 Å². The molecule has 0 bridgehead atoms. The van der Waals surface area contributed by atoms with Crippen LogP contribution in [-0.2, 0) is 20.9 Å². The molecule has 0 unspecified atom stereocenters. The number of carbonyl (C=O) groups is 1. The van der Waals surface area contributed by atoms with Crippen molar-refractivity contribution in [3.8, 4) is 0 Å². The number of hydrogen-bond acceptors (Lipinski definition) is 6. The molecule has 5 atom stereocenters. The Balaban J connectivity index is 2.13. The first kappa shape index (κ1) is 19.6. The van der Waals surface area contributed by atoms with E-state index in [1.165, 1.54) is 0 Å². The summed E-state index contributed by atoms with van der Waals surface area (Å²) in [6, 6.07) is 6.92. The molecule has 1 saturated heterocycles. The van der Waals surface area contributed by atoms with Crippen LogP contribution in [0.3, 0.4) is 0 Å². The van der Waals surface area contributed by atoms with Crippen molar-refractivity contribution in [2.75, 3.05) is 6.61 Å². The number of benzene rings is 1. The summed E-state index contributed by atoms with van der Waals surface area (Å²) in [4.78, 5) is 11.2. The van der Waals surface area contributed by atoms with E-state index < -0.39 is 49.3 Å². The number of alkyl halides is 3. The maximum atomic E-state index is 12.5. The summed E-state index contributed by atoms with van der Waals surface area (Å²) in [6.07, 6.45) is -11.5. The predicted molar refractivity (Wildman–Crippen MR) is 77.0 cm³/mol. The highest BCUT2D eigenvalue weighted by Gasteiger charge is 2.49. The van der Waals surface area contributed by atoms with E-state index in [1.54, 1.807) is 35.6 Å². The number of nitrogens with one attached hydrogen (secondary N) is 1. The Morgan fingerprint density at radius 3 is 2.40 bits per heavy atom. The van der Waals surface area contributed by atoms with Gasteiger partial charge in [-0.3, -0.25) is 4.79 Å². The monoisotopic (exact) mass is 365 g/mol. The lowest BCUT2D eigenvalue weighted by Crippen LogP contribution is -2.65. The third-order valence-corrected chi connectivity index (χ3v) is 3.69. The number of amides is 1. The molecule has 1 heterocycles. The fourth-order valence-corrected chi connectivity index (χ4v) is 2.36. The number of ether oxygens (including phenoxy) is 2. The molecule has 0 radical (unpaired) electrons. The molecule has 1 fully saturated rings. The number of hydrogen-bond donors (Lipinski definition) is 4. The SMILES string of the molecule is O=C(N[C@@H]1[C@@H](OCc2ccccc2)O[C@@H](CO)[C@@H](O)[C@H]1O)C(F)(F)F. The smallest absolute Gasteiger partial charge is 0.394 e. The van der Waals surface area contributed by atoms with Crippen molar-refractivity contribution in [1.82, 2.24) is 5.32 Å². The first-order valence-electron chi connectivity index (χ1n) is 7.39. The Labute approximate surface area is 141 Å². The zero-order valence-corrected chi connectivity index (χ0v) is 12.9. The first-order valence-corrected chi connectivity index (χ1v) is 7.39. The van der Waals surface area contributed by atoms with Gasteiger partial charge in [-0.2, -0.15) is 13.2 Å². The van der Waals surface area contributed by atoms with Crippen molar-refractivity contribution < 1.29 is 42.8 Å². The van der Waals surface area contributed by atoms with Crippen molar-refractivity contribution in [3.63, 3.8) is 0 Å². The van der Waals surface area contributed by atoms with E-state index >= 15 is 0 Å². The fraction of sp³-hybridized carbons (Fsp3) is 0.533. The molecule has 0 aromatic heterocycles. The summed E-state index contributed by atoms with van der Waals surface area (Å²) >= 11 is 0. The Bertz CT molecular complexity index is 570. The second-order valence-corrected chi connectivity index (χ2v) is 5.50. The minimum atomic E-state index is -5.18. The normalized spacial score (nSPS) is 30.1. The van der Waals surface area contributed by atoms with Crippen molar-refractivity contribution in [1.29, 1.82) is 0 Å². The summed E-state index contributed by atoms with van der Waals surface area (Å²) in [7, 11) is 0. The van der Waals surface area contributed by atoms with Crippen LogP contribution in [0.4, 0.5) is 13.2 Å². The van der Waals surface area contributed by atoms with Crippen LogP contribution in [0.15, 0.2) is 30.3 Å². The summed E-state index contributed by atoms with van der Waals surface area (Å²) < 4.78 is 48.0. The highest BCUT2D eigenvalue weighted by molar-refractivity contribution is 5.82. The molecular weight excluding hydrogens is 347 g/mol. The Morgan fingerprint density at radius 1 is 1.20 bits per heavy atom. The second-order valence-electron chi connectivity index (χ2n) is 5.50. The van der Waals surface area contributed by atoms with E-state index in [2.05, 4.69) is 0 Å². The molecule has 0 aliphatic carbocycles. The molecule has 1 aromatic carbocycles. The molecule has 140 valence electrons. The molecular formula is C15H18F3NO6. The molecule has 10 heteroatoms. The third kappa shape index (κ3) is 4.89. The van der Waals surface area contributed by atoms with Gasteiger partial charge in [-0.25, -0.2) is 0 Å². The van der Waals surface area contributed by atoms with Crippen molar-refractivity contribution in [3.05, 3.63) is 35.9 Å². The lowest BCUT2D eigenvalue weighted by atomic mass is 9.97. The molecule has 1 aliphatic rings. The van der Waals surface area contributed by atoms with Gasteiger partial charge in [0.25, 0.3) is 0 Å². The maximum Gasteiger partial charge on any atom is 0.471 e. The van der Waals surface area contributed by atoms with Crippen LogP contribution in [0.5, 0.6) is 0 Å². The minimum Gasteiger partial charge on any atom is -0.394 e. The van der Waals surface area contributed by atoms with Crippen LogP contribution in [-0.4, -0.2) is 64.7 Å². The third-order valence-electron chi connectivity index (χ3n) is 3.69. The van der Waals surface area contributed by atoms with Crippen molar-refractivity contribution in [2.24, 2.45) is 0 Å². The van der Waals surface area contributed by atoms with Crippen molar-refractivity contribution >= 4 is 5.91 Å². The Hall–Kier alpha value is -1.72. The topological polar surface area (TPSA) is 108 Å². The zero-order chi connectivity index (χ0) is 18.6. The van der Waals surface area contributed by atoms with Crippen LogP contribution in [0.25, 0.3) is 0 Å². The number of carbonyl (C=O) groups excluding carboxylic acids is 1. The van der Waals surface area contributed by atoms with Gasteiger partial charge in [0.2, 0.25) is 0 Å². The summed E-state index contributed by atoms with van der Waals surface area (Å²) in [5, 5.41) is 30.5. The second kappa shape index (κ2) is 8.11. The van der Waals surface area contributed by atoms with E-state index in [-0.39, 0.29) is 6.61 Å². The van der Waals surface area contributed by atoms with Gasteiger partial charge < -0.3 is 30.1 Å². The van der Waals surface area contributed by atoms with E-state index in [9.17, 15) is 28.2 Å². The van der Waals surface area contributed by atoms with Crippen LogP contribution < -0.4 is 5.32 Å². The van der Waals surface area contributed by atoms with Gasteiger partial charge >= 0.3 is 12.1 Å². The van der Waals surface area contributed by atoms with Crippen molar-refractivity contribution in [2.45, 2.75) is 43.4 Å². The lowest BCUT2D eigenvalue weighted by Gasteiger charge is -2.42. The number of halogens is 3. The molecule has 1 amide bonds. The largest absolute Gasteiger partial charge is 0.471 e. The van der Waals surface area contributed by atoms with Gasteiger partial charge in [0.1, 0.15) is 24.4 Å². The van der Waals surface area contributed by atoms with Gasteiger partial charge in [0, 0.05) is 0 Å². The molecule has 2 rings (SSSR count). The van der Waals surface area contributed by atoms with E-state index in [1.807, 2.05) is 0 Å². The molecule has 25 heavy (non-hydrogen) atoms. The summed E-state index contributed by atoms with van der Waals surface area (Å²) in [5.74, 6) is -2.30. The van der Waals surface area contributed by atoms with Crippen LogP contribution >= 0.6 is 0 Å². The van der Waals surface area contributed by atoms with Gasteiger partial charge in [0.15, 0.2) is 6.29 Å². The molecule has 0 saturated carbocycles. The molecule has 7 nitrogen and oxygen atoms in total. The Morgan fingerprint density at radius 2 is 1.84 bits per heavy atom. The van der Waals surface area contributed by atoms with Crippen LogP contribution in [0.2, 0.25) is 0 Å². The number of aliphatic hydroxyl groups is 3. The summed E-state index contributed by atoms with van der Waals surface area (Å²) in [5.41, 5.74) is 0.674. The van der Waals surface area contributed by atoms with E-state index in [0.29, 0.717) is 5.56 Å². The van der Waals surface area contributed by atoms with Gasteiger partial charge in [-0.1, -0.05) is 30.3 Å². The first-order chi connectivity index (χ1) is 11.7. The fourth-order valence-electron chi connectivity index (χ4n) is 2.36. The minimum absolute atomic E-state index is 0.0785. The number of rotatable bonds is 5. The van der Waals surface area contributed by atoms with Gasteiger partial charge in [-0.05, 0) is 5.56 Å². The average Bonchev–Trinajstić information content (AvgIpc) is 2.58. The number of aliphatic hydroxyl groups excluding tert-OH is 3. The molecule has 1 aromatic rings. The van der Waals surface area contributed by atoms with Gasteiger partial charge in [-0.15, -0.1) is 0 Å². The van der Waals surface area contributed by atoms with E-state index in [0.717, 1.165) is 0 Å². The van der Waals surface area contributed by atoms with E-state index in [4.69, 9.17) is 14.6 Å². The maximum absolute atomic E-state index is 12.5. The Kier molecular flexibility index (Phi) is 6.36. The quantitative estimate of drug-likeness (QED) is 0.570. The molecule has 1 aliphatic heterocycles. The van der Waals surface area contributed by atoms with Crippen LogP contribution in [0.1, 0.15) is 5.56 Å². The standard InChI is InChI=1S/C15H18F3NO6/c16-15(17,18)14(23)19-10-12(22)11(21)9(6-20)25-13(10)24-7-8-4-2-1-3-5-8/h1-5,9-13,20-22H,6-7H2,(H,19,23)/t9-,10-,11+,12-,13-/m0/s1. The molecule has 0 spiro atoms.